The van der Waals surface area contributed by atoms with Crippen LogP contribution >= 0.6 is 0 Å². The van der Waals surface area contributed by atoms with E-state index in [9.17, 15) is 5.26 Å². The first-order chi connectivity index (χ1) is 16.4. The minimum absolute atomic E-state index is 0.0269. The van der Waals surface area contributed by atoms with Gasteiger partial charge in [0.1, 0.15) is 11.7 Å². The van der Waals surface area contributed by atoms with Crippen molar-refractivity contribution in [3.8, 4) is 6.07 Å². The van der Waals surface area contributed by atoms with Crippen molar-refractivity contribution in [1.82, 2.24) is 0 Å². The standard InChI is InChI=1S/C30H32N4/c1-5-29-15-16-30(29,6-2)33-28(25-17-22-9-7-8-10-23(22)18-26(25)29)34(27(32)20(3)4)24-13-11-21(19-31)12-14-24/h7-14,17-18,20,32H,5-6,15-16H2,1-4H3/t29?,30-/m0/s1. The number of hydrogen-bond acceptors (Lipinski definition) is 3. The summed E-state index contributed by atoms with van der Waals surface area (Å²) in [7, 11) is 0. The molecule has 0 aromatic heterocycles. The van der Waals surface area contributed by atoms with Gasteiger partial charge in [0.15, 0.2) is 0 Å². The van der Waals surface area contributed by atoms with Gasteiger partial charge in [0.05, 0.1) is 17.2 Å². The third-order valence-electron chi connectivity index (χ3n) is 8.26. The van der Waals surface area contributed by atoms with Gasteiger partial charge < -0.3 is 0 Å². The molecule has 4 nitrogen and oxygen atoms in total. The Bertz CT molecular complexity index is 1340. The monoisotopic (exact) mass is 448 g/mol. The van der Waals surface area contributed by atoms with E-state index in [-0.39, 0.29) is 16.9 Å². The van der Waals surface area contributed by atoms with Gasteiger partial charge in [0, 0.05) is 22.6 Å². The number of hydrogen-bond donors (Lipinski definition) is 1. The molecule has 1 unspecified atom stereocenters. The van der Waals surface area contributed by atoms with E-state index in [1.807, 2.05) is 29.2 Å². The number of aliphatic imine (C=N–C) groups is 1. The molecule has 4 heteroatoms. The van der Waals surface area contributed by atoms with Gasteiger partial charge in [-0.05, 0) is 78.4 Å². The number of nitriles is 1. The number of nitrogens with one attached hydrogen (secondary N) is 1. The van der Waals surface area contributed by atoms with Crippen molar-refractivity contribution in [3.63, 3.8) is 0 Å². The predicted molar refractivity (Wildman–Crippen MR) is 141 cm³/mol. The number of benzene rings is 3. The van der Waals surface area contributed by atoms with Crippen molar-refractivity contribution in [2.24, 2.45) is 10.9 Å². The molecular formula is C30H32N4. The Balaban J connectivity index is 1.81. The second-order valence-electron chi connectivity index (χ2n) is 10.0. The van der Waals surface area contributed by atoms with E-state index < -0.39 is 0 Å². The minimum atomic E-state index is -0.144. The fourth-order valence-electron chi connectivity index (χ4n) is 6.13. The first-order valence-corrected chi connectivity index (χ1v) is 12.4. The fourth-order valence-corrected chi connectivity index (χ4v) is 6.13. The van der Waals surface area contributed by atoms with Gasteiger partial charge in [-0.2, -0.15) is 5.26 Å². The molecule has 0 bridgehead atoms. The third-order valence-corrected chi connectivity index (χ3v) is 8.26. The lowest BCUT2D eigenvalue weighted by Crippen LogP contribution is -2.62. The quantitative estimate of drug-likeness (QED) is 0.339. The fraction of sp³-hybridized carbons (Fsp3) is 0.367. The molecule has 0 spiro atoms. The molecule has 1 aliphatic heterocycles. The summed E-state index contributed by atoms with van der Waals surface area (Å²) in [6, 6.07) is 23.0. The molecule has 5 rings (SSSR count). The van der Waals surface area contributed by atoms with Gasteiger partial charge >= 0.3 is 0 Å². The summed E-state index contributed by atoms with van der Waals surface area (Å²) >= 11 is 0. The summed E-state index contributed by atoms with van der Waals surface area (Å²) < 4.78 is 0. The molecule has 1 N–H and O–H groups in total. The predicted octanol–water partition coefficient (Wildman–Crippen LogP) is 7.20. The van der Waals surface area contributed by atoms with Crippen LogP contribution in [0, 0.1) is 22.7 Å². The van der Waals surface area contributed by atoms with Crippen LogP contribution < -0.4 is 4.90 Å². The Morgan fingerprint density at radius 3 is 2.24 bits per heavy atom. The van der Waals surface area contributed by atoms with Gasteiger partial charge in [-0.1, -0.05) is 52.0 Å². The van der Waals surface area contributed by atoms with Crippen LogP contribution in [0.15, 0.2) is 65.7 Å². The van der Waals surface area contributed by atoms with Crippen LogP contribution in [0.5, 0.6) is 0 Å². The first kappa shape index (κ1) is 22.3. The Hall–Kier alpha value is -3.45. The molecule has 0 radical (unpaired) electrons. The average Bonchev–Trinajstić information content (AvgIpc) is 2.85. The van der Waals surface area contributed by atoms with E-state index in [0.717, 1.165) is 42.8 Å². The van der Waals surface area contributed by atoms with Crippen LogP contribution in [0.3, 0.4) is 0 Å². The number of rotatable bonds is 4. The van der Waals surface area contributed by atoms with Gasteiger partial charge in [-0.3, -0.25) is 15.3 Å². The topological polar surface area (TPSA) is 63.2 Å². The lowest BCUT2D eigenvalue weighted by atomic mass is 9.48. The van der Waals surface area contributed by atoms with E-state index in [2.05, 4.69) is 70.2 Å². The molecule has 1 aliphatic carbocycles. The zero-order valence-corrected chi connectivity index (χ0v) is 20.5. The zero-order valence-electron chi connectivity index (χ0n) is 20.5. The molecule has 1 fully saturated rings. The number of amidine groups is 2. The Kier molecular flexibility index (Phi) is 5.32. The Morgan fingerprint density at radius 1 is 1.03 bits per heavy atom. The van der Waals surface area contributed by atoms with Gasteiger partial charge in [0.2, 0.25) is 0 Å². The highest BCUT2D eigenvalue weighted by molar-refractivity contribution is 6.26. The maximum atomic E-state index is 9.31. The van der Waals surface area contributed by atoms with Crippen LogP contribution in [0.4, 0.5) is 5.69 Å². The maximum absolute atomic E-state index is 9.31. The molecular weight excluding hydrogens is 416 g/mol. The van der Waals surface area contributed by atoms with Crippen LogP contribution in [0.25, 0.3) is 10.8 Å². The molecule has 3 aromatic rings. The molecule has 1 saturated carbocycles. The first-order valence-electron chi connectivity index (χ1n) is 12.4. The van der Waals surface area contributed by atoms with Crippen LogP contribution in [-0.4, -0.2) is 17.2 Å². The molecule has 3 aromatic carbocycles. The Morgan fingerprint density at radius 2 is 1.71 bits per heavy atom. The number of anilines is 1. The van der Waals surface area contributed by atoms with Gasteiger partial charge in [0.25, 0.3) is 0 Å². The van der Waals surface area contributed by atoms with Crippen molar-refractivity contribution in [2.45, 2.75) is 64.3 Å². The van der Waals surface area contributed by atoms with Crippen LogP contribution in [-0.2, 0) is 5.41 Å². The number of fused-ring (bicyclic) bond motifs is 4. The smallest absolute Gasteiger partial charge is 0.141 e. The van der Waals surface area contributed by atoms with E-state index >= 15 is 0 Å². The van der Waals surface area contributed by atoms with Crippen molar-refractivity contribution in [1.29, 1.82) is 10.7 Å². The average molecular weight is 449 g/mol. The highest BCUT2D eigenvalue weighted by Crippen LogP contribution is 2.61. The second-order valence-corrected chi connectivity index (χ2v) is 10.0. The summed E-state index contributed by atoms with van der Waals surface area (Å²) in [5.41, 5.74) is 3.91. The number of nitrogens with zero attached hydrogens (tertiary/aromatic N) is 3. The van der Waals surface area contributed by atoms with E-state index in [1.54, 1.807) is 0 Å². The highest BCUT2D eigenvalue weighted by Gasteiger charge is 2.61. The Labute approximate surface area is 202 Å². The van der Waals surface area contributed by atoms with E-state index in [0.29, 0.717) is 11.4 Å². The summed E-state index contributed by atoms with van der Waals surface area (Å²) in [5, 5.41) is 20.9. The van der Waals surface area contributed by atoms with E-state index in [4.69, 9.17) is 10.4 Å². The minimum Gasteiger partial charge on any atom is -0.288 e. The summed E-state index contributed by atoms with van der Waals surface area (Å²) in [6.45, 7) is 8.67. The summed E-state index contributed by atoms with van der Waals surface area (Å²) in [4.78, 5) is 7.57. The highest BCUT2D eigenvalue weighted by atomic mass is 15.3. The molecule has 34 heavy (non-hydrogen) atoms. The summed E-state index contributed by atoms with van der Waals surface area (Å²) in [5.74, 6) is 1.41. The van der Waals surface area contributed by atoms with Crippen LogP contribution in [0.2, 0.25) is 0 Å². The molecule has 0 saturated heterocycles. The van der Waals surface area contributed by atoms with Gasteiger partial charge in [-0.15, -0.1) is 0 Å². The second kappa shape index (κ2) is 8.09. The SMILES string of the molecule is CCC12CC[C@]1(CC)N=C(N(C(=N)C(C)C)c1ccc(C#N)cc1)c1cc3ccccc3cc12. The summed E-state index contributed by atoms with van der Waals surface area (Å²) in [6.07, 6.45) is 4.26. The van der Waals surface area contributed by atoms with Crippen molar-refractivity contribution >= 4 is 28.1 Å². The molecule has 1 heterocycles. The zero-order chi connectivity index (χ0) is 24.1. The molecule has 2 atom stereocenters. The normalized spacial score (nSPS) is 22.9. The van der Waals surface area contributed by atoms with Crippen molar-refractivity contribution in [2.75, 3.05) is 4.90 Å². The third kappa shape index (κ3) is 3.03. The van der Waals surface area contributed by atoms with Gasteiger partial charge in [-0.25, -0.2) is 0 Å². The lowest BCUT2D eigenvalue weighted by molar-refractivity contribution is 0.0687. The van der Waals surface area contributed by atoms with Crippen molar-refractivity contribution in [3.05, 3.63) is 77.4 Å². The molecule has 0 amide bonds. The lowest BCUT2D eigenvalue weighted by Gasteiger charge is -2.60. The molecule has 2 aliphatic rings. The van der Waals surface area contributed by atoms with Crippen molar-refractivity contribution < 1.29 is 0 Å². The maximum Gasteiger partial charge on any atom is 0.141 e. The molecule has 172 valence electrons. The van der Waals surface area contributed by atoms with E-state index in [1.165, 1.54) is 16.3 Å². The largest absolute Gasteiger partial charge is 0.288 e. The van der Waals surface area contributed by atoms with Crippen LogP contribution in [0.1, 0.15) is 70.1 Å².